The number of ether oxygens (including phenoxy) is 1. The van der Waals surface area contributed by atoms with Gasteiger partial charge in [-0.3, -0.25) is 9.36 Å². The van der Waals surface area contributed by atoms with Crippen LogP contribution >= 0.6 is 0 Å². The number of aliphatic hydroxyl groups is 2. The molecule has 1 aromatic rings. The van der Waals surface area contributed by atoms with E-state index in [9.17, 15) is 4.79 Å². The van der Waals surface area contributed by atoms with Gasteiger partial charge in [-0.25, -0.2) is 0 Å². The summed E-state index contributed by atoms with van der Waals surface area (Å²) in [7, 11) is 1.79. The topological polar surface area (TPSA) is 117 Å². The number of rotatable bonds is 6. The maximum absolute atomic E-state index is 12.4. The van der Waals surface area contributed by atoms with Crippen molar-refractivity contribution >= 4 is 17.5 Å². The maximum Gasteiger partial charge on any atom is 0.280 e. The molecule has 9 nitrogen and oxygen atoms in total. The molecule has 1 aliphatic heterocycles. The van der Waals surface area contributed by atoms with Crippen LogP contribution in [0.4, 0.5) is 17.5 Å². The summed E-state index contributed by atoms with van der Waals surface area (Å²) >= 11 is 0. The highest BCUT2D eigenvalue weighted by Crippen LogP contribution is 2.30. The fraction of sp³-hybridized carbons (Fsp3) is 0.667. The molecule has 4 N–H and O–H groups in total. The Morgan fingerprint density at radius 3 is 2.67 bits per heavy atom. The van der Waals surface area contributed by atoms with Gasteiger partial charge in [-0.1, -0.05) is 0 Å². The molecule has 21 heavy (non-hydrogen) atoms. The number of aromatic nitrogens is 2. The van der Waals surface area contributed by atoms with Gasteiger partial charge in [-0.2, -0.15) is 4.98 Å². The van der Waals surface area contributed by atoms with Gasteiger partial charge in [-0.15, -0.1) is 0 Å². The highest BCUT2D eigenvalue weighted by Gasteiger charge is 2.30. The first-order chi connectivity index (χ1) is 10.0. The molecule has 0 aliphatic carbocycles. The van der Waals surface area contributed by atoms with E-state index in [4.69, 9.17) is 20.7 Å². The second-order valence-electron chi connectivity index (χ2n) is 4.85. The van der Waals surface area contributed by atoms with Crippen LogP contribution in [0.3, 0.4) is 0 Å². The third-order valence-corrected chi connectivity index (χ3v) is 3.41. The largest absolute Gasteiger partial charge is 0.394 e. The molecule has 0 saturated heterocycles. The van der Waals surface area contributed by atoms with E-state index < -0.39 is 6.10 Å². The molecule has 1 aliphatic rings. The van der Waals surface area contributed by atoms with Gasteiger partial charge >= 0.3 is 0 Å². The van der Waals surface area contributed by atoms with Crippen molar-refractivity contribution in [3.8, 4) is 0 Å². The van der Waals surface area contributed by atoms with Crippen LogP contribution in [0.25, 0.3) is 0 Å². The Morgan fingerprint density at radius 1 is 1.43 bits per heavy atom. The highest BCUT2D eigenvalue weighted by molar-refractivity contribution is 5.72. The first-order valence-corrected chi connectivity index (χ1v) is 6.73. The van der Waals surface area contributed by atoms with Crippen LogP contribution in [-0.4, -0.2) is 59.5 Å². The molecular formula is C12H21N5O4. The second kappa shape index (κ2) is 6.29. The Kier molecular flexibility index (Phi) is 4.66. The quantitative estimate of drug-likeness (QED) is 0.574. The first kappa shape index (κ1) is 15.5. The molecule has 0 amide bonds. The first-order valence-electron chi connectivity index (χ1n) is 6.73. The highest BCUT2D eigenvalue weighted by atomic mass is 16.5. The van der Waals surface area contributed by atoms with Crippen LogP contribution in [0.1, 0.15) is 6.92 Å². The summed E-state index contributed by atoms with van der Waals surface area (Å²) in [6.45, 7) is 2.25. The van der Waals surface area contributed by atoms with Gasteiger partial charge in [0, 0.05) is 13.6 Å². The zero-order chi connectivity index (χ0) is 15.6. The van der Waals surface area contributed by atoms with Gasteiger partial charge in [0.15, 0.2) is 5.82 Å². The minimum Gasteiger partial charge on any atom is -0.394 e. The number of aliphatic hydroxyl groups excluding tert-OH is 2. The lowest BCUT2D eigenvalue weighted by molar-refractivity contribution is -0.0188. The molecule has 2 rings (SSSR count). The molecule has 0 bridgehead atoms. The zero-order valence-corrected chi connectivity index (χ0v) is 12.2. The smallest absolute Gasteiger partial charge is 0.280 e. The van der Waals surface area contributed by atoms with E-state index in [1.54, 1.807) is 16.8 Å². The molecule has 1 aromatic heterocycles. The maximum atomic E-state index is 12.4. The van der Waals surface area contributed by atoms with E-state index in [1.807, 2.05) is 6.92 Å². The summed E-state index contributed by atoms with van der Waals surface area (Å²) in [5, 5.41) is 18.0. The number of nitrogen functional groups attached to an aromatic ring is 1. The van der Waals surface area contributed by atoms with E-state index in [0.29, 0.717) is 24.7 Å². The summed E-state index contributed by atoms with van der Waals surface area (Å²) < 4.78 is 6.78. The van der Waals surface area contributed by atoms with E-state index in [-0.39, 0.29) is 31.5 Å². The summed E-state index contributed by atoms with van der Waals surface area (Å²) in [6, 6.07) is 0. The molecule has 0 atom stereocenters. The van der Waals surface area contributed by atoms with Crippen LogP contribution in [0.5, 0.6) is 0 Å². The summed E-state index contributed by atoms with van der Waals surface area (Å²) in [5.41, 5.74) is 6.09. The van der Waals surface area contributed by atoms with Crippen molar-refractivity contribution in [3.05, 3.63) is 10.4 Å². The number of nitrogens with zero attached hydrogens (tertiary/aromatic N) is 4. The van der Waals surface area contributed by atoms with Crippen LogP contribution in [-0.2, 0) is 11.3 Å². The number of hydrogen-bond acceptors (Lipinski definition) is 8. The summed E-state index contributed by atoms with van der Waals surface area (Å²) in [5.74, 6) is 0.613. The van der Waals surface area contributed by atoms with E-state index >= 15 is 0 Å². The Bertz CT molecular complexity index is 557. The number of anilines is 3. The van der Waals surface area contributed by atoms with Crippen molar-refractivity contribution in [2.75, 3.05) is 49.2 Å². The van der Waals surface area contributed by atoms with Crippen molar-refractivity contribution in [1.82, 2.24) is 9.55 Å². The van der Waals surface area contributed by atoms with E-state index in [2.05, 4.69) is 4.98 Å². The van der Waals surface area contributed by atoms with Crippen LogP contribution in [0, 0.1) is 0 Å². The van der Waals surface area contributed by atoms with Crippen molar-refractivity contribution in [3.63, 3.8) is 0 Å². The minimum atomic E-state index is -0.660. The number of hydrogen-bond donors (Lipinski definition) is 3. The third kappa shape index (κ3) is 2.80. The SMILES string of the molecule is CCn1c(N)nc2c(c1=O)N(C)CN2COC(CO)CO. The van der Waals surface area contributed by atoms with Crippen LogP contribution in [0.2, 0.25) is 0 Å². The summed E-state index contributed by atoms with van der Waals surface area (Å²) in [6.07, 6.45) is -0.660. The lowest BCUT2D eigenvalue weighted by Gasteiger charge is -2.21. The Labute approximate surface area is 122 Å². The van der Waals surface area contributed by atoms with Gasteiger partial charge in [0.1, 0.15) is 18.5 Å². The minimum absolute atomic E-state index is 0.102. The predicted molar refractivity (Wildman–Crippen MR) is 78.2 cm³/mol. The van der Waals surface area contributed by atoms with Gasteiger partial charge in [0.05, 0.1) is 19.9 Å². The van der Waals surface area contributed by atoms with Crippen molar-refractivity contribution in [1.29, 1.82) is 0 Å². The van der Waals surface area contributed by atoms with Crippen molar-refractivity contribution in [2.45, 2.75) is 19.6 Å². The van der Waals surface area contributed by atoms with Gasteiger partial charge in [-0.05, 0) is 6.92 Å². The normalized spacial score (nSPS) is 14.1. The lowest BCUT2D eigenvalue weighted by Crippen LogP contribution is -2.34. The van der Waals surface area contributed by atoms with Gasteiger partial charge in [0.25, 0.3) is 5.56 Å². The van der Waals surface area contributed by atoms with Crippen LogP contribution in [0.15, 0.2) is 4.79 Å². The molecule has 118 valence electrons. The second-order valence-corrected chi connectivity index (χ2v) is 4.85. The average Bonchev–Trinajstić information content (AvgIpc) is 2.77. The molecule has 9 heteroatoms. The fourth-order valence-corrected chi connectivity index (χ4v) is 2.26. The van der Waals surface area contributed by atoms with E-state index in [1.165, 1.54) is 4.57 Å². The van der Waals surface area contributed by atoms with E-state index in [0.717, 1.165) is 0 Å². The molecule has 0 fully saturated rings. The zero-order valence-electron chi connectivity index (χ0n) is 12.2. The fourth-order valence-electron chi connectivity index (χ4n) is 2.26. The third-order valence-electron chi connectivity index (χ3n) is 3.41. The predicted octanol–water partition coefficient (Wildman–Crippen LogP) is -1.61. The molecule has 0 spiro atoms. The van der Waals surface area contributed by atoms with Crippen molar-refractivity contribution < 1.29 is 14.9 Å². The summed E-state index contributed by atoms with van der Waals surface area (Å²) in [4.78, 5) is 20.1. The number of nitrogens with two attached hydrogens (primary N) is 1. The molecule has 0 unspecified atom stereocenters. The molecular weight excluding hydrogens is 278 g/mol. The Hall–Kier alpha value is -1.84. The molecule has 0 radical (unpaired) electrons. The monoisotopic (exact) mass is 299 g/mol. The Morgan fingerprint density at radius 2 is 2.10 bits per heavy atom. The van der Waals surface area contributed by atoms with Crippen molar-refractivity contribution in [2.24, 2.45) is 0 Å². The van der Waals surface area contributed by atoms with Crippen LogP contribution < -0.4 is 21.1 Å². The lowest BCUT2D eigenvalue weighted by atomic mass is 10.4. The molecule has 0 saturated carbocycles. The molecule has 2 heterocycles. The number of fused-ring (bicyclic) bond motifs is 1. The average molecular weight is 299 g/mol. The standard InChI is InChI=1S/C12H21N5O4/c1-3-17-11(20)9-10(14-12(17)13)16(6-15(9)2)7-21-8(4-18)5-19/h8,18-19H,3-7H2,1-2H3,(H2,13,14). The Balaban J connectivity index is 2.27. The van der Waals surface area contributed by atoms with Gasteiger partial charge in [0.2, 0.25) is 5.95 Å². The molecule has 0 aromatic carbocycles. The van der Waals surface area contributed by atoms with Gasteiger partial charge < -0.3 is 30.5 Å².